The second kappa shape index (κ2) is 6.95. The molecule has 2 aromatic carbocycles. The molecule has 1 N–H and O–H groups in total. The molecule has 2 amide bonds. The third kappa shape index (κ3) is 3.23. The van der Waals surface area contributed by atoms with Gasteiger partial charge in [-0.05, 0) is 67.3 Å². The maximum atomic E-state index is 13.2. The van der Waals surface area contributed by atoms with Crippen molar-refractivity contribution in [3.8, 4) is 0 Å². The number of nitrogens with one attached hydrogen (secondary N) is 1. The van der Waals surface area contributed by atoms with E-state index < -0.39 is 0 Å². The molecule has 0 spiro atoms. The van der Waals surface area contributed by atoms with Crippen LogP contribution in [0.1, 0.15) is 34.0 Å². The van der Waals surface area contributed by atoms with Gasteiger partial charge in [0.15, 0.2) is 0 Å². The summed E-state index contributed by atoms with van der Waals surface area (Å²) < 4.78 is 2.25. The number of anilines is 1. The van der Waals surface area contributed by atoms with Crippen LogP contribution in [0.4, 0.5) is 10.5 Å². The molecule has 138 valence electrons. The second-order valence-corrected chi connectivity index (χ2v) is 7.31. The SMILES string of the molecule is Cc1ccc(NC(=O)N2CCn3cccc3[C@@H]2c2ccccc2C)cc1C. The van der Waals surface area contributed by atoms with Crippen molar-refractivity contribution in [2.75, 3.05) is 11.9 Å². The first-order valence-electron chi connectivity index (χ1n) is 9.40. The van der Waals surface area contributed by atoms with E-state index in [-0.39, 0.29) is 12.1 Å². The normalized spacial score (nSPS) is 16.1. The zero-order valence-corrected chi connectivity index (χ0v) is 16.1. The van der Waals surface area contributed by atoms with Crippen LogP contribution >= 0.6 is 0 Å². The molecule has 0 saturated heterocycles. The number of carbonyl (C=O) groups is 1. The van der Waals surface area contributed by atoms with Crippen LogP contribution in [0.3, 0.4) is 0 Å². The van der Waals surface area contributed by atoms with Crippen molar-refractivity contribution in [3.05, 3.63) is 88.7 Å². The van der Waals surface area contributed by atoms with Crippen LogP contribution in [-0.4, -0.2) is 22.0 Å². The highest BCUT2D eigenvalue weighted by molar-refractivity contribution is 5.90. The molecule has 1 atom stereocenters. The predicted molar refractivity (Wildman–Crippen MR) is 109 cm³/mol. The number of benzene rings is 2. The Balaban J connectivity index is 1.69. The summed E-state index contributed by atoms with van der Waals surface area (Å²) in [5, 5.41) is 3.10. The smallest absolute Gasteiger partial charge is 0.322 e. The van der Waals surface area contributed by atoms with Gasteiger partial charge in [-0.1, -0.05) is 30.3 Å². The fourth-order valence-corrected chi connectivity index (χ4v) is 3.84. The zero-order chi connectivity index (χ0) is 19.0. The Morgan fingerprint density at radius 2 is 1.74 bits per heavy atom. The largest absolute Gasteiger partial charge is 0.348 e. The number of amides is 2. The molecular formula is C23H25N3O. The van der Waals surface area contributed by atoms with Crippen LogP contribution in [0, 0.1) is 20.8 Å². The number of urea groups is 1. The summed E-state index contributed by atoms with van der Waals surface area (Å²) in [6.07, 6.45) is 2.10. The van der Waals surface area contributed by atoms with E-state index in [9.17, 15) is 4.79 Å². The van der Waals surface area contributed by atoms with Crippen molar-refractivity contribution in [2.24, 2.45) is 0 Å². The molecule has 3 aromatic rings. The standard InChI is InChI=1S/C23H25N3O/c1-16-10-11-19(15-18(16)3)24-23(27)26-14-13-25-12-6-9-21(25)22(26)20-8-5-4-7-17(20)2/h4-12,15,22H,13-14H2,1-3H3,(H,24,27)/t22-/m0/s1. The summed E-state index contributed by atoms with van der Waals surface area (Å²) in [6, 6.07) is 18.4. The number of fused-ring (bicyclic) bond motifs is 1. The third-order valence-corrected chi connectivity index (χ3v) is 5.54. The molecular weight excluding hydrogens is 334 g/mol. The van der Waals surface area contributed by atoms with Crippen molar-refractivity contribution in [1.82, 2.24) is 9.47 Å². The van der Waals surface area contributed by atoms with Crippen molar-refractivity contribution >= 4 is 11.7 Å². The van der Waals surface area contributed by atoms with Crippen LogP contribution in [0.5, 0.6) is 0 Å². The quantitative estimate of drug-likeness (QED) is 0.683. The van der Waals surface area contributed by atoms with Gasteiger partial charge in [0, 0.05) is 30.7 Å². The maximum absolute atomic E-state index is 13.2. The molecule has 1 aromatic heterocycles. The van der Waals surface area contributed by atoms with E-state index in [2.05, 4.69) is 61.1 Å². The Hall–Kier alpha value is -3.01. The number of hydrogen-bond acceptors (Lipinski definition) is 1. The Labute approximate surface area is 160 Å². The summed E-state index contributed by atoms with van der Waals surface area (Å²) in [6.45, 7) is 7.74. The van der Waals surface area contributed by atoms with Crippen LogP contribution in [-0.2, 0) is 6.54 Å². The molecule has 2 heterocycles. The van der Waals surface area contributed by atoms with E-state index in [1.165, 1.54) is 22.3 Å². The van der Waals surface area contributed by atoms with E-state index in [4.69, 9.17) is 0 Å². The molecule has 0 bridgehead atoms. The molecule has 1 aliphatic heterocycles. The molecule has 0 saturated carbocycles. The van der Waals surface area contributed by atoms with Crippen molar-refractivity contribution < 1.29 is 4.79 Å². The molecule has 1 aliphatic rings. The average molecular weight is 359 g/mol. The molecule has 4 nitrogen and oxygen atoms in total. The van der Waals surface area contributed by atoms with Gasteiger partial charge in [-0.2, -0.15) is 0 Å². The number of aryl methyl sites for hydroxylation is 3. The van der Waals surface area contributed by atoms with E-state index >= 15 is 0 Å². The summed E-state index contributed by atoms with van der Waals surface area (Å²) in [4.78, 5) is 15.1. The molecule has 0 radical (unpaired) electrons. The van der Waals surface area contributed by atoms with Gasteiger partial charge in [-0.15, -0.1) is 0 Å². The lowest BCUT2D eigenvalue weighted by atomic mass is 9.96. The molecule has 0 unspecified atom stereocenters. The maximum Gasteiger partial charge on any atom is 0.322 e. The number of carbonyl (C=O) groups excluding carboxylic acids is 1. The van der Waals surface area contributed by atoms with Gasteiger partial charge >= 0.3 is 6.03 Å². The fourth-order valence-electron chi connectivity index (χ4n) is 3.84. The Bertz CT molecular complexity index is 989. The van der Waals surface area contributed by atoms with E-state index in [1.54, 1.807) is 0 Å². The summed E-state index contributed by atoms with van der Waals surface area (Å²) in [5.41, 5.74) is 6.77. The van der Waals surface area contributed by atoms with Crippen LogP contribution in [0.15, 0.2) is 60.8 Å². The Kier molecular flexibility index (Phi) is 4.48. The highest BCUT2D eigenvalue weighted by Gasteiger charge is 2.32. The lowest BCUT2D eigenvalue weighted by molar-refractivity contribution is 0.181. The van der Waals surface area contributed by atoms with E-state index in [0.717, 1.165) is 17.9 Å². The van der Waals surface area contributed by atoms with Gasteiger partial charge in [-0.25, -0.2) is 4.79 Å². The minimum atomic E-state index is -0.0819. The predicted octanol–water partition coefficient (Wildman–Crippen LogP) is 5.05. The van der Waals surface area contributed by atoms with Crippen LogP contribution in [0.2, 0.25) is 0 Å². The molecule has 27 heavy (non-hydrogen) atoms. The van der Waals surface area contributed by atoms with Crippen LogP contribution in [0.25, 0.3) is 0 Å². The molecule has 4 heteroatoms. The summed E-state index contributed by atoms with van der Waals surface area (Å²) >= 11 is 0. The fraction of sp³-hybridized carbons (Fsp3) is 0.261. The molecule has 4 rings (SSSR count). The summed E-state index contributed by atoms with van der Waals surface area (Å²) in [5.74, 6) is 0. The molecule has 0 fully saturated rings. The minimum Gasteiger partial charge on any atom is -0.348 e. The van der Waals surface area contributed by atoms with Gasteiger partial charge in [0.1, 0.15) is 0 Å². The number of nitrogens with zero attached hydrogens (tertiary/aromatic N) is 2. The minimum absolute atomic E-state index is 0.0565. The van der Waals surface area contributed by atoms with Gasteiger partial charge in [-0.3, -0.25) is 0 Å². The van der Waals surface area contributed by atoms with Crippen molar-refractivity contribution in [1.29, 1.82) is 0 Å². The summed E-state index contributed by atoms with van der Waals surface area (Å²) in [7, 11) is 0. The Morgan fingerprint density at radius 3 is 2.52 bits per heavy atom. The van der Waals surface area contributed by atoms with E-state index in [1.807, 2.05) is 35.2 Å². The average Bonchev–Trinajstić information content (AvgIpc) is 3.13. The zero-order valence-electron chi connectivity index (χ0n) is 16.1. The highest BCUT2D eigenvalue weighted by atomic mass is 16.2. The first-order chi connectivity index (χ1) is 13.0. The topological polar surface area (TPSA) is 37.3 Å². The lowest BCUT2D eigenvalue weighted by Crippen LogP contribution is -2.44. The van der Waals surface area contributed by atoms with Crippen molar-refractivity contribution in [2.45, 2.75) is 33.4 Å². The van der Waals surface area contributed by atoms with Crippen molar-refractivity contribution in [3.63, 3.8) is 0 Å². The van der Waals surface area contributed by atoms with Crippen LogP contribution < -0.4 is 5.32 Å². The number of rotatable bonds is 2. The highest BCUT2D eigenvalue weighted by Crippen LogP contribution is 2.34. The number of hydrogen-bond donors (Lipinski definition) is 1. The Morgan fingerprint density at radius 1 is 0.926 bits per heavy atom. The lowest BCUT2D eigenvalue weighted by Gasteiger charge is -2.38. The number of aromatic nitrogens is 1. The first-order valence-corrected chi connectivity index (χ1v) is 9.40. The second-order valence-electron chi connectivity index (χ2n) is 7.31. The van der Waals surface area contributed by atoms with Gasteiger partial charge in [0.25, 0.3) is 0 Å². The van der Waals surface area contributed by atoms with Gasteiger partial charge in [0.05, 0.1) is 6.04 Å². The first kappa shape index (κ1) is 17.4. The van der Waals surface area contributed by atoms with Gasteiger partial charge < -0.3 is 14.8 Å². The van der Waals surface area contributed by atoms with Gasteiger partial charge in [0.2, 0.25) is 0 Å². The third-order valence-electron chi connectivity index (χ3n) is 5.54. The molecule has 0 aliphatic carbocycles. The van der Waals surface area contributed by atoms with E-state index in [0.29, 0.717) is 6.54 Å². The monoisotopic (exact) mass is 359 g/mol.